The van der Waals surface area contributed by atoms with Gasteiger partial charge in [0.05, 0.1) is 0 Å². The van der Waals surface area contributed by atoms with Crippen LogP contribution in [0.15, 0.2) is 30.3 Å². The molecule has 21 heavy (non-hydrogen) atoms. The molecule has 0 saturated heterocycles. The molecule has 114 valence electrons. The molecule has 0 aliphatic rings. The molecule has 1 aromatic carbocycles. The van der Waals surface area contributed by atoms with Crippen molar-refractivity contribution >= 4 is 17.9 Å². The summed E-state index contributed by atoms with van der Waals surface area (Å²) in [4.78, 5) is 37.3. The van der Waals surface area contributed by atoms with E-state index in [0.29, 0.717) is 5.56 Å². The molecule has 1 rings (SSSR count). The molecule has 7 nitrogen and oxygen atoms in total. The molecule has 0 bridgehead atoms. The number of aliphatic carboxylic acids is 1. The molecule has 1 atom stereocenters. The summed E-state index contributed by atoms with van der Waals surface area (Å²) in [6.45, 7) is -0.125. The Labute approximate surface area is 123 Å². The fourth-order valence-electron chi connectivity index (χ4n) is 1.58. The minimum atomic E-state index is -1.16. The molecule has 0 spiro atoms. The minimum Gasteiger partial charge on any atom is -0.479 e. The first kappa shape index (κ1) is 16.5. The molecule has 0 aliphatic carbocycles. The molecule has 0 heterocycles. The number of amides is 3. The fourth-order valence-corrected chi connectivity index (χ4v) is 1.58. The van der Waals surface area contributed by atoms with Crippen LogP contribution < -0.4 is 5.32 Å². The van der Waals surface area contributed by atoms with Gasteiger partial charge in [-0.3, -0.25) is 4.79 Å². The van der Waals surface area contributed by atoms with E-state index in [1.54, 1.807) is 44.4 Å². The standard InChI is InChI=1S/C14H19N3O4/c1-16(2)11(18)9-17(3)14(21)15-12(13(19)20)10-7-5-4-6-8-10/h4-8,12H,9H2,1-3H3,(H,15,21)(H,19,20)/t12-/m0/s1. The lowest BCUT2D eigenvalue weighted by molar-refractivity contribution is -0.139. The quantitative estimate of drug-likeness (QED) is 0.829. The van der Waals surface area contributed by atoms with Gasteiger partial charge in [0.1, 0.15) is 6.54 Å². The molecular weight excluding hydrogens is 274 g/mol. The zero-order valence-corrected chi connectivity index (χ0v) is 12.2. The van der Waals surface area contributed by atoms with E-state index in [-0.39, 0.29) is 12.5 Å². The molecule has 0 saturated carbocycles. The van der Waals surface area contributed by atoms with Crippen molar-refractivity contribution in [1.82, 2.24) is 15.1 Å². The number of hydrogen-bond acceptors (Lipinski definition) is 3. The minimum absolute atomic E-state index is 0.125. The molecule has 0 aliphatic heterocycles. The van der Waals surface area contributed by atoms with Crippen LogP contribution in [0.4, 0.5) is 4.79 Å². The van der Waals surface area contributed by atoms with Crippen molar-refractivity contribution in [3.05, 3.63) is 35.9 Å². The number of carbonyl (C=O) groups excluding carboxylic acids is 2. The average molecular weight is 293 g/mol. The Morgan fingerprint density at radius 3 is 2.19 bits per heavy atom. The van der Waals surface area contributed by atoms with E-state index in [9.17, 15) is 19.5 Å². The van der Waals surface area contributed by atoms with Gasteiger partial charge >= 0.3 is 12.0 Å². The fraction of sp³-hybridized carbons (Fsp3) is 0.357. The molecule has 2 N–H and O–H groups in total. The molecule has 1 aromatic rings. The van der Waals surface area contributed by atoms with Crippen molar-refractivity contribution in [3.63, 3.8) is 0 Å². The van der Waals surface area contributed by atoms with Crippen LogP contribution in [-0.4, -0.2) is 60.5 Å². The Balaban J connectivity index is 2.74. The normalized spacial score (nSPS) is 11.4. The average Bonchev–Trinajstić information content (AvgIpc) is 2.44. The molecular formula is C14H19N3O4. The number of hydrogen-bond donors (Lipinski definition) is 2. The predicted octanol–water partition coefficient (Wildman–Crippen LogP) is 0.542. The van der Waals surface area contributed by atoms with E-state index in [4.69, 9.17) is 0 Å². The van der Waals surface area contributed by atoms with Crippen molar-refractivity contribution in [3.8, 4) is 0 Å². The summed E-state index contributed by atoms with van der Waals surface area (Å²) in [5, 5.41) is 11.6. The molecule has 0 unspecified atom stereocenters. The van der Waals surface area contributed by atoms with E-state index in [1.165, 1.54) is 11.9 Å². The van der Waals surface area contributed by atoms with Crippen LogP contribution in [0, 0.1) is 0 Å². The summed E-state index contributed by atoms with van der Waals surface area (Å²) in [7, 11) is 4.59. The number of carboxylic acid groups (broad SMARTS) is 1. The Morgan fingerprint density at radius 1 is 1.14 bits per heavy atom. The summed E-state index contributed by atoms with van der Waals surface area (Å²) < 4.78 is 0. The number of nitrogens with zero attached hydrogens (tertiary/aromatic N) is 2. The van der Waals surface area contributed by atoms with Gasteiger partial charge in [-0.2, -0.15) is 0 Å². The number of nitrogens with one attached hydrogen (secondary N) is 1. The van der Waals surface area contributed by atoms with Gasteiger partial charge in [0.25, 0.3) is 0 Å². The Bertz CT molecular complexity index is 516. The van der Waals surface area contributed by atoms with Crippen LogP contribution in [-0.2, 0) is 9.59 Å². The molecule has 0 fully saturated rings. The number of carboxylic acids is 1. The van der Waals surface area contributed by atoms with Crippen molar-refractivity contribution < 1.29 is 19.5 Å². The third kappa shape index (κ3) is 4.79. The monoisotopic (exact) mass is 293 g/mol. The highest BCUT2D eigenvalue weighted by Crippen LogP contribution is 2.13. The number of rotatable bonds is 5. The Kier molecular flexibility index (Phi) is 5.71. The second-order valence-electron chi connectivity index (χ2n) is 4.78. The van der Waals surface area contributed by atoms with Gasteiger partial charge in [0.15, 0.2) is 6.04 Å². The van der Waals surface area contributed by atoms with Crippen molar-refractivity contribution in [2.24, 2.45) is 0 Å². The Hall–Kier alpha value is -2.57. The van der Waals surface area contributed by atoms with Crippen LogP contribution in [0.3, 0.4) is 0 Å². The summed E-state index contributed by atoms with van der Waals surface area (Å²) >= 11 is 0. The van der Waals surface area contributed by atoms with Crippen LogP contribution in [0.1, 0.15) is 11.6 Å². The summed E-state index contributed by atoms with van der Waals surface area (Å²) in [5.74, 6) is -1.42. The summed E-state index contributed by atoms with van der Waals surface area (Å²) in [6, 6.07) is 6.59. The lowest BCUT2D eigenvalue weighted by atomic mass is 10.1. The molecule has 7 heteroatoms. The largest absolute Gasteiger partial charge is 0.479 e. The molecule has 0 aromatic heterocycles. The van der Waals surface area contributed by atoms with E-state index in [2.05, 4.69) is 5.32 Å². The van der Waals surface area contributed by atoms with Crippen LogP contribution in [0.25, 0.3) is 0 Å². The van der Waals surface area contributed by atoms with E-state index < -0.39 is 18.0 Å². The van der Waals surface area contributed by atoms with Crippen LogP contribution >= 0.6 is 0 Å². The predicted molar refractivity (Wildman–Crippen MR) is 76.7 cm³/mol. The highest BCUT2D eigenvalue weighted by atomic mass is 16.4. The van der Waals surface area contributed by atoms with Crippen molar-refractivity contribution in [2.75, 3.05) is 27.7 Å². The van der Waals surface area contributed by atoms with Crippen molar-refractivity contribution in [1.29, 1.82) is 0 Å². The SMILES string of the molecule is CN(C)C(=O)CN(C)C(=O)N[C@H](C(=O)O)c1ccccc1. The topological polar surface area (TPSA) is 90.0 Å². The number of carbonyl (C=O) groups is 3. The highest BCUT2D eigenvalue weighted by Gasteiger charge is 2.24. The summed E-state index contributed by atoms with van der Waals surface area (Å²) in [5.41, 5.74) is 0.464. The lowest BCUT2D eigenvalue weighted by Crippen LogP contribution is -2.45. The Morgan fingerprint density at radius 2 is 1.71 bits per heavy atom. The first-order chi connectivity index (χ1) is 9.82. The lowest BCUT2D eigenvalue weighted by Gasteiger charge is -2.22. The van der Waals surface area contributed by atoms with Crippen molar-refractivity contribution in [2.45, 2.75) is 6.04 Å². The maximum absolute atomic E-state index is 12.0. The van der Waals surface area contributed by atoms with Gasteiger partial charge in [-0.25, -0.2) is 9.59 Å². The third-order valence-corrected chi connectivity index (χ3v) is 2.87. The zero-order valence-electron chi connectivity index (χ0n) is 12.2. The van der Waals surface area contributed by atoms with Gasteiger partial charge in [-0.1, -0.05) is 30.3 Å². The highest BCUT2D eigenvalue weighted by molar-refractivity contribution is 5.86. The van der Waals surface area contributed by atoms with Gasteiger partial charge in [-0.15, -0.1) is 0 Å². The number of benzene rings is 1. The van der Waals surface area contributed by atoms with E-state index in [1.807, 2.05) is 0 Å². The second-order valence-corrected chi connectivity index (χ2v) is 4.78. The first-order valence-electron chi connectivity index (χ1n) is 6.32. The molecule has 0 radical (unpaired) electrons. The van der Waals surface area contributed by atoms with Gasteiger partial charge in [0, 0.05) is 21.1 Å². The van der Waals surface area contributed by atoms with E-state index >= 15 is 0 Å². The number of likely N-dealkylation sites (N-methyl/N-ethyl adjacent to an activating group) is 2. The number of urea groups is 1. The van der Waals surface area contributed by atoms with Gasteiger partial charge in [0.2, 0.25) is 5.91 Å². The van der Waals surface area contributed by atoms with Gasteiger partial charge < -0.3 is 20.2 Å². The van der Waals surface area contributed by atoms with Gasteiger partial charge in [-0.05, 0) is 5.56 Å². The molecule has 3 amide bonds. The van der Waals surface area contributed by atoms with Crippen LogP contribution in [0.5, 0.6) is 0 Å². The van der Waals surface area contributed by atoms with E-state index in [0.717, 1.165) is 4.90 Å². The first-order valence-corrected chi connectivity index (χ1v) is 6.32. The maximum Gasteiger partial charge on any atom is 0.330 e. The smallest absolute Gasteiger partial charge is 0.330 e. The maximum atomic E-state index is 12.0. The summed E-state index contributed by atoms with van der Waals surface area (Å²) in [6.07, 6.45) is 0. The third-order valence-electron chi connectivity index (χ3n) is 2.87. The van der Waals surface area contributed by atoms with Crippen LogP contribution in [0.2, 0.25) is 0 Å². The zero-order chi connectivity index (χ0) is 16.0. The second kappa shape index (κ2) is 7.28.